The zero-order valence-electron chi connectivity index (χ0n) is 20.2. The quantitative estimate of drug-likeness (QED) is 0.365. The summed E-state index contributed by atoms with van der Waals surface area (Å²) in [7, 11) is 0. The van der Waals surface area contributed by atoms with Gasteiger partial charge in [0.2, 0.25) is 5.91 Å². The minimum absolute atomic E-state index is 0.159. The van der Waals surface area contributed by atoms with Crippen LogP contribution in [-0.2, 0) is 11.0 Å². The van der Waals surface area contributed by atoms with Gasteiger partial charge in [0.1, 0.15) is 5.82 Å². The van der Waals surface area contributed by atoms with Gasteiger partial charge < -0.3 is 10.6 Å². The molecule has 0 saturated carbocycles. The molecule has 0 spiro atoms. The molecule has 1 aromatic carbocycles. The molecule has 0 fully saturated rings. The number of nitrogens with one attached hydrogen (secondary N) is 2. The first kappa shape index (κ1) is 25.7. The van der Waals surface area contributed by atoms with E-state index >= 15 is 0 Å². The van der Waals surface area contributed by atoms with E-state index in [1.54, 1.807) is 32.0 Å². The number of pyridine rings is 1. The molecule has 4 aromatic rings. The lowest BCUT2D eigenvalue weighted by atomic mass is 10.0. The Morgan fingerprint density at radius 2 is 1.76 bits per heavy atom. The highest BCUT2D eigenvalue weighted by Gasteiger charge is 2.32. The minimum Gasteiger partial charge on any atom is -0.345 e. The number of fused-ring (bicyclic) bond motifs is 1. The van der Waals surface area contributed by atoms with Crippen LogP contribution >= 0.6 is 0 Å². The lowest BCUT2D eigenvalue weighted by Crippen LogP contribution is -2.28. The van der Waals surface area contributed by atoms with Gasteiger partial charge in [-0.1, -0.05) is 0 Å². The predicted octanol–water partition coefficient (Wildman–Crippen LogP) is 5.02. The van der Waals surface area contributed by atoms with Crippen molar-refractivity contribution in [2.24, 2.45) is 0 Å². The summed E-state index contributed by atoms with van der Waals surface area (Å²) in [6.45, 7) is 6.12. The molecule has 37 heavy (non-hydrogen) atoms. The number of aryl methyl sites for hydroxylation is 2. The zero-order chi connectivity index (χ0) is 27.1. The number of alkyl halides is 3. The Balaban J connectivity index is 1.65. The third-order valence-electron chi connectivity index (χ3n) is 5.69. The Labute approximate surface area is 208 Å². The van der Waals surface area contributed by atoms with E-state index in [2.05, 4.69) is 25.7 Å². The molecule has 8 nitrogen and oxygen atoms in total. The number of imidazole rings is 1. The van der Waals surface area contributed by atoms with Crippen molar-refractivity contribution < 1.29 is 27.2 Å². The van der Waals surface area contributed by atoms with Crippen LogP contribution < -0.4 is 10.6 Å². The van der Waals surface area contributed by atoms with Crippen molar-refractivity contribution in [3.8, 4) is 11.3 Å². The normalized spacial score (nSPS) is 12.4. The number of carbonyl (C=O) groups is 2. The molecule has 0 bridgehead atoms. The smallest absolute Gasteiger partial charge is 0.345 e. The fraction of sp³-hybridized carbons (Fsp3) is 0.240. The number of hydrogen-bond acceptors (Lipinski definition) is 5. The fourth-order valence-corrected chi connectivity index (χ4v) is 3.88. The van der Waals surface area contributed by atoms with Crippen LogP contribution in [0, 0.1) is 19.7 Å². The molecule has 0 aliphatic carbocycles. The molecule has 0 radical (unpaired) electrons. The number of halogens is 4. The summed E-state index contributed by atoms with van der Waals surface area (Å²) in [4.78, 5) is 33.1. The summed E-state index contributed by atoms with van der Waals surface area (Å²) >= 11 is 0. The van der Waals surface area contributed by atoms with Crippen LogP contribution in [0.3, 0.4) is 0 Å². The molecule has 0 saturated heterocycles. The monoisotopic (exact) mass is 514 g/mol. The van der Waals surface area contributed by atoms with E-state index in [0.717, 1.165) is 6.07 Å². The Morgan fingerprint density at radius 3 is 2.43 bits per heavy atom. The van der Waals surface area contributed by atoms with Crippen molar-refractivity contribution in [1.29, 1.82) is 0 Å². The van der Waals surface area contributed by atoms with Gasteiger partial charge in [-0.3, -0.25) is 14.6 Å². The Bertz CT molecular complexity index is 1530. The average molecular weight is 514 g/mol. The SMILES string of the molecule is CC(=O)Nc1cn2nc(-c3cc(C(=O)NC(C)c4cc(C(F)(F)F)ccc4F)c(C)nc3C)ccc2n1. The predicted molar refractivity (Wildman–Crippen MR) is 127 cm³/mol. The summed E-state index contributed by atoms with van der Waals surface area (Å²) in [5.41, 5.74) is 1.31. The van der Waals surface area contributed by atoms with Crippen molar-refractivity contribution in [2.75, 3.05) is 5.32 Å². The van der Waals surface area contributed by atoms with Crippen LogP contribution in [0.15, 0.2) is 42.6 Å². The number of amides is 2. The molecule has 2 amide bonds. The maximum absolute atomic E-state index is 14.3. The van der Waals surface area contributed by atoms with Crippen molar-refractivity contribution in [2.45, 2.75) is 39.9 Å². The molecule has 3 heterocycles. The lowest BCUT2D eigenvalue weighted by Gasteiger charge is -2.18. The van der Waals surface area contributed by atoms with Gasteiger partial charge >= 0.3 is 6.18 Å². The molecule has 1 atom stereocenters. The number of nitrogens with zero attached hydrogens (tertiary/aromatic N) is 4. The van der Waals surface area contributed by atoms with Crippen molar-refractivity contribution in [3.63, 3.8) is 0 Å². The number of anilines is 1. The molecule has 0 aliphatic rings. The fourth-order valence-electron chi connectivity index (χ4n) is 3.88. The molecule has 192 valence electrons. The molecule has 12 heteroatoms. The van der Waals surface area contributed by atoms with Gasteiger partial charge in [0.05, 0.1) is 34.8 Å². The molecule has 3 aromatic heterocycles. The van der Waals surface area contributed by atoms with Gasteiger partial charge in [0, 0.05) is 23.7 Å². The summed E-state index contributed by atoms with van der Waals surface area (Å²) in [5, 5.41) is 9.63. The van der Waals surface area contributed by atoms with Gasteiger partial charge in [0.15, 0.2) is 11.5 Å². The van der Waals surface area contributed by atoms with Crippen LogP contribution in [0.1, 0.15) is 52.8 Å². The van der Waals surface area contributed by atoms with Crippen molar-refractivity contribution >= 4 is 23.3 Å². The third kappa shape index (κ3) is 5.42. The molecule has 0 aliphatic heterocycles. The second-order valence-corrected chi connectivity index (χ2v) is 8.51. The van der Waals surface area contributed by atoms with E-state index in [9.17, 15) is 27.2 Å². The summed E-state index contributed by atoms with van der Waals surface area (Å²) in [5.74, 6) is -1.45. The summed E-state index contributed by atoms with van der Waals surface area (Å²) in [6.07, 6.45) is -3.11. The molecule has 2 N–H and O–H groups in total. The highest BCUT2D eigenvalue weighted by molar-refractivity contribution is 5.96. The van der Waals surface area contributed by atoms with E-state index in [-0.39, 0.29) is 17.0 Å². The molecular weight excluding hydrogens is 492 g/mol. The standard InChI is InChI=1S/C25H22F4N6O2/c1-12(17-9-16(25(27,28)29)5-6-20(17)26)31-24(37)19-10-18(13(2)30-14(19)3)21-7-8-23-33-22(32-15(4)36)11-35(23)34-21/h5-12H,1-4H3,(H,31,37)(H,32,36). The Morgan fingerprint density at radius 1 is 1.03 bits per heavy atom. The van der Waals surface area contributed by atoms with E-state index < -0.39 is 29.5 Å². The van der Waals surface area contributed by atoms with Gasteiger partial charge in [-0.15, -0.1) is 0 Å². The second kappa shape index (κ2) is 9.60. The number of aromatic nitrogens is 4. The largest absolute Gasteiger partial charge is 0.416 e. The molecular formula is C25H22F4N6O2. The van der Waals surface area contributed by atoms with Gasteiger partial charge in [-0.25, -0.2) is 13.9 Å². The van der Waals surface area contributed by atoms with Crippen LogP contribution in [0.4, 0.5) is 23.4 Å². The number of rotatable bonds is 5. The first-order chi connectivity index (χ1) is 17.3. The minimum atomic E-state index is -4.65. The summed E-state index contributed by atoms with van der Waals surface area (Å²) in [6, 6.07) is 5.95. The van der Waals surface area contributed by atoms with Crippen molar-refractivity contribution in [1.82, 2.24) is 24.9 Å². The number of carbonyl (C=O) groups excluding carboxylic acids is 2. The zero-order valence-corrected chi connectivity index (χ0v) is 20.2. The van der Waals surface area contributed by atoms with E-state index in [0.29, 0.717) is 46.2 Å². The van der Waals surface area contributed by atoms with Crippen LogP contribution in [0.2, 0.25) is 0 Å². The van der Waals surface area contributed by atoms with Crippen LogP contribution in [0.5, 0.6) is 0 Å². The highest BCUT2D eigenvalue weighted by Crippen LogP contribution is 2.32. The molecule has 1 unspecified atom stereocenters. The third-order valence-corrected chi connectivity index (χ3v) is 5.69. The second-order valence-electron chi connectivity index (χ2n) is 8.51. The topological polar surface area (TPSA) is 101 Å². The average Bonchev–Trinajstić information content (AvgIpc) is 3.19. The first-order valence-corrected chi connectivity index (χ1v) is 11.1. The van der Waals surface area contributed by atoms with E-state index in [1.807, 2.05) is 0 Å². The number of hydrogen-bond donors (Lipinski definition) is 2. The van der Waals surface area contributed by atoms with E-state index in [1.165, 1.54) is 24.6 Å². The highest BCUT2D eigenvalue weighted by atomic mass is 19.4. The first-order valence-electron chi connectivity index (χ1n) is 11.1. The van der Waals surface area contributed by atoms with Crippen LogP contribution in [-0.4, -0.2) is 31.4 Å². The Hall–Kier alpha value is -4.35. The maximum Gasteiger partial charge on any atom is 0.416 e. The summed E-state index contributed by atoms with van der Waals surface area (Å²) < 4.78 is 55.1. The number of benzene rings is 1. The van der Waals surface area contributed by atoms with Gasteiger partial charge in [0.25, 0.3) is 5.91 Å². The van der Waals surface area contributed by atoms with Gasteiger partial charge in [-0.05, 0) is 57.2 Å². The van der Waals surface area contributed by atoms with Crippen molar-refractivity contribution in [3.05, 3.63) is 76.5 Å². The van der Waals surface area contributed by atoms with Crippen LogP contribution in [0.25, 0.3) is 16.9 Å². The van der Waals surface area contributed by atoms with Gasteiger partial charge in [-0.2, -0.15) is 18.3 Å². The Kier molecular flexibility index (Phi) is 6.68. The lowest BCUT2D eigenvalue weighted by molar-refractivity contribution is -0.137. The maximum atomic E-state index is 14.3. The van der Waals surface area contributed by atoms with E-state index in [4.69, 9.17) is 0 Å². The molecule has 4 rings (SSSR count).